The normalized spacial score (nSPS) is 17.3. The number of carbonyl (C=O) groups excluding carboxylic acids is 1. The van der Waals surface area contributed by atoms with Gasteiger partial charge in [-0.05, 0) is 33.4 Å². The van der Waals surface area contributed by atoms with Crippen molar-refractivity contribution in [3.05, 3.63) is 0 Å². The molecule has 0 saturated heterocycles. The molecule has 0 unspecified atom stereocenters. The zero-order valence-electron chi connectivity index (χ0n) is 10.8. The summed E-state index contributed by atoms with van der Waals surface area (Å²) in [5.74, 6) is -0.0338. The summed E-state index contributed by atoms with van der Waals surface area (Å²) in [6, 6.07) is 1.99. The van der Waals surface area contributed by atoms with Gasteiger partial charge in [-0.2, -0.15) is 5.26 Å². The van der Waals surface area contributed by atoms with Crippen LogP contribution < -0.4 is 10.6 Å². The Bertz CT molecular complexity index is 291. The Morgan fingerprint density at radius 2 is 2.18 bits per heavy atom. The van der Waals surface area contributed by atoms with Crippen LogP contribution in [0.3, 0.4) is 0 Å². The maximum Gasteiger partial charge on any atom is 0.233 e. The maximum atomic E-state index is 11.4. The van der Waals surface area contributed by atoms with E-state index in [9.17, 15) is 4.79 Å². The Kier molecular flexibility index (Phi) is 5.39. The molecular weight excluding hydrogens is 216 g/mol. The minimum atomic E-state index is -0.0338. The van der Waals surface area contributed by atoms with Gasteiger partial charge in [0.2, 0.25) is 5.91 Å². The van der Waals surface area contributed by atoms with Crippen LogP contribution in [-0.4, -0.2) is 50.1 Å². The number of nitrogens with one attached hydrogen (secondary N) is 2. The van der Waals surface area contributed by atoms with E-state index in [-0.39, 0.29) is 11.4 Å². The molecule has 1 aliphatic rings. The molecule has 0 radical (unpaired) electrons. The molecule has 0 bridgehead atoms. The van der Waals surface area contributed by atoms with E-state index in [4.69, 9.17) is 5.26 Å². The molecule has 0 aromatic carbocycles. The number of rotatable bonds is 7. The highest BCUT2D eigenvalue weighted by atomic mass is 16.1. The Morgan fingerprint density at radius 3 is 2.65 bits per heavy atom. The molecule has 0 atom stereocenters. The third kappa shape index (κ3) is 3.99. The topological polar surface area (TPSA) is 68.2 Å². The highest BCUT2D eigenvalue weighted by Gasteiger charge is 2.38. The monoisotopic (exact) mass is 238 g/mol. The molecule has 5 heteroatoms. The van der Waals surface area contributed by atoms with Gasteiger partial charge in [0.1, 0.15) is 0 Å². The van der Waals surface area contributed by atoms with Crippen LogP contribution in [0.1, 0.15) is 25.7 Å². The average Bonchev–Trinajstić information content (AvgIpc) is 2.21. The number of hydrogen-bond donors (Lipinski definition) is 2. The fraction of sp³-hybridized carbons (Fsp3) is 0.833. The second kappa shape index (κ2) is 6.58. The summed E-state index contributed by atoms with van der Waals surface area (Å²) in [4.78, 5) is 13.6. The van der Waals surface area contributed by atoms with Gasteiger partial charge in [-0.15, -0.1) is 0 Å². The van der Waals surface area contributed by atoms with Crippen LogP contribution in [0.15, 0.2) is 0 Å². The molecule has 1 fully saturated rings. The molecular formula is C12H22N4O. The van der Waals surface area contributed by atoms with Crippen LogP contribution >= 0.6 is 0 Å². The van der Waals surface area contributed by atoms with Crippen molar-refractivity contribution in [3.8, 4) is 6.07 Å². The van der Waals surface area contributed by atoms with Gasteiger partial charge < -0.3 is 15.5 Å². The predicted molar refractivity (Wildman–Crippen MR) is 66.4 cm³/mol. The van der Waals surface area contributed by atoms with Crippen molar-refractivity contribution in [2.75, 3.05) is 33.7 Å². The number of nitriles is 1. The Hall–Kier alpha value is -1.12. The van der Waals surface area contributed by atoms with Crippen LogP contribution in [-0.2, 0) is 4.79 Å². The van der Waals surface area contributed by atoms with Gasteiger partial charge in [-0.25, -0.2) is 0 Å². The molecule has 1 rings (SSSR count). The van der Waals surface area contributed by atoms with Gasteiger partial charge in [0, 0.05) is 18.6 Å². The lowest BCUT2D eigenvalue weighted by Crippen LogP contribution is -2.57. The molecule has 1 amide bonds. The minimum absolute atomic E-state index is 0.0338. The first-order valence-corrected chi connectivity index (χ1v) is 6.12. The van der Waals surface area contributed by atoms with E-state index in [1.807, 2.05) is 6.07 Å². The Morgan fingerprint density at radius 1 is 1.47 bits per heavy atom. The lowest BCUT2D eigenvalue weighted by Gasteiger charge is -2.47. The van der Waals surface area contributed by atoms with E-state index in [0.29, 0.717) is 19.5 Å². The number of nitrogens with zero attached hydrogens (tertiary/aromatic N) is 2. The highest BCUT2D eigenvalue weighted by molar-refractivity contribution is 5.77. The largest absolute Gasteiger partial charge is 0.354 e. The Labute approximate surface area is 103 Å². The second-order valence-electron chi connectivity index (χ2n) is 4.83. The fourth-order valence-electron chi connectivity index (χ4n) is 2.10. The summed E-state index contributed by atoms with van der Waals surface area (Å²) >= 11 is 0. The molecule has 0 aromatic heterocycles. The van der Waals surface area contributed by atoms with Crippen LogP contribution in [0.25, 0.3) is 0 Å². The number of amides is 1. The van der Waals surface area contributed by atoms with Crippen molar-refractivity contribution in [1.29, 1.82) is 5.26 Å². The van der Waals surface area contributed by atoms with Gasteiger partial charge in [0.15, 0.2) is 0 Å². The first kappa shape index (κ1) is 13.9. The van der Waals surface area contributed by atoms with Crippen molar-refractivity contribution < 1.29 is 4.79 Å². The van der Waals surface area contributed by atoms with Crippen LogP contribution in [0.2, 0.25) is 0 Å². The average molecular weight is 238 g/mol. The Balaban J connectivity index is 2.14. The van der Waals surface area contributed by atoms with Crippen molar-refractivity contribution in [2.45, 2.75) is 31.2 Å². The summed E-state index contributed by atoms with van der Waals surface area (Å²) in [5, 5.41) is 14.2. The van der Waals surface area contributed by atoms with Gasteiger partial charge in [-0.1, -0.05) is 0 Å². The van der Waals surface area contributed by atoms with E-state index in [1.165, 1.54) is 19.3 Å². The minimum Gasteiger partial charge on any atom is -0.354 e. The molecule has 17 heavy (non-hydrogen) atoms. The van der Waals surface area contributed by atoms with E-state index < -0.39 is 0 Å². The van der Waals surface area contributed by atoms with E-state index in [2.05, 4.69) is 29.6 Å². The molecule has 5 nitrogen and oxygen atoms in total. The van der Waals surface area contributed by atoms with E-state index >= 15 is 0 Å². The van der Waals surface area contributed by atoms with E-state index in [1.54, 1.807) is 0 Å². The molecule has 2 N–H and O–H groups in total. The number of hydrogen-bond acceptors (Lipinski definition) is 4. The first-order chi connectivity index (χ1) is 8.10. The summed E-state index contributed by atoms with van der Waals surface area (Å²) in [5.41, 5.74) is 0.243. The molecule has 1 aliphatic carbocycles. The van der Waals surface area contributed by atoms with E-state index in [0.717, 1.165) is 6.54 Å². The summed E-state index contributed by atoms with van der Waals surface area (Å²) < 4.78 is 0. The van der Waals surface area contributed by atoms with Crippen LogP contribution in [0.4, 0.5) is 0 Å². The molecule has 0 aromatic rings. The zero-order valence-corrected chi connectivity index (χ0v) is 10.8. The van der Waals surface area contributed by atoms with Gasteiger partial charge in [0.05, 0.1) is 19.0 Å². The summed E-state index contributed by atoms with van der Waals surface area (Å²) in [6.07, 6.45) is 4.04. The van der Waals surface area contributed by atoms with Crippen LogP contribution in [0, 0.1) is 11.3 Å². The van der Waals surface area contributed by atoms with Crippen molar-refractivity contribution in [1.82, 2.24) is 15.5 Å². The predicted octanol–water partition coefficient (Wildman–Crippen LogP) is 0.0902. The second-order valence-corrected chi connectivity index (χ2v) is 4.83. The van der Waals surface area contributed by atoms with Crippen molar-refractivity contribution in [3.63, 3.8) is 0 Å². The quantitative estimate of drug-likeness (QED) is 0.617. The third-order valence-corrected chi connectivity index (χ3v) is 3.53. The van der Waals surface area contributed by atoms with Crippen molar-refractivity contribution >= 4 is 5.91 Å². The molecule has 96 valence electrons. The molecule has 0 heterocycles. The lowest BCUT2D eigenvalue weighted by atomic mass is 9.75. The number of carbonyl (C=O) groups is 1. The standard InChI is InChI=1S/C12H22N4O/c1-16(2)12(5-3-6-12)10-14-9-11(17)15-8-4-7-13/h14H,3-6,8-10H2,1-2H3,(H,15,17). The summed E-state index contributed by atoms with van der Waals surface area (Å²) in [6.45, 7) is 1.63. The smallest absolute Gasteiger partial charge is 0.233 e. The first-order valence-electron chi connectivity index (χ1n) is 6.12. The maximum absolute atomic E-state index is 11.4. The molecule has 0 spiro atoms. The molecule has 1 saturated carbocycles. The van der Waals surface area contributed by atoms with Gasteiger partial charge in [0.25, 0.3) is 0 Å². The number of likely N-dealkylation sites (N-methyl/N-ethyl adjacent to an activating group) is 1. The zero-order chi connectivity index (χ0) is 12.7. The lowest BCUT2D eigenvalue weighted by molar-refractivity contribution is -0.120. The summed E-state index contributed by atoms with van der Waals surface area (Å²) in [7, 11) is 4.18. The highest BCUT2D eigenvalue weighted by Crippen LogP contribution is 2.35. The van der Waals surface area contributed by atoms with Crippen molar-refractivity contribution in [2.24, 2.45) is 0 Å². The fourth-order valence-corrected chi connectivity index (χ4v) is 2.10. The third-order valence-electron chi connectivity index (χ3n) is 3.53. The molecule has 0 aliphatic heterocycles. The van der Waals surface area contributed by atoms with Crippen LogP contribution in [0.5, 0.6) is 0 Å². The SMILES string of the molecule is CN(C)C1(CNCC(=O)NCCC#N)CCC1. The van der Waals surface area contributed by atoms with Gasteiger partial charge in [-0.3, -0.25) is 4.79 Å². The van der Waals surface area contributed by atoms with Gasteiger partial charge >= 0.3 is 0 Å².